The lowest BCUT2D eigenvalue weighted by Crippen LogP contribution is -1.92. The number of nitriles is 1. The van der Waals surface area contributed by atoms with Gasteiger partial charge < -0.3 is 9.47 Å². The SMILES string of the molecule is N#Cc1ccccc1CSCc1ccc2c(c1)OCO2. The third-order valence-electron chi connectivity index (χ3n) is 3.10. The van der Waals surface area contributed by atoms with Crippen molar-refractivity contribution in [2.24, 2.45) is 0 Å². The zero-order chi connectivity index (χ0) is 13.8. The lowest BCUT2D eigenvalue weighted by Gasteiger charge is -2.05. The van der Waals surface area contributed by atoms with Gasteiger partial charge in [0.1, 0.15) is 0 Å². The van der Waals surface area contributed by atoms with E-state index in [0.717, 1.165) is 34.1 Å². The highest BCUT2D eigenvalue weighted by Crippen LogP contribution is 2.33. The molecule has 1 heterocycles. The minimum Gasteiger partial charge on any atom is -0.454 e. The molecule has 0 saturated heterocycles. The number of hydrogen-bond donors (Lipinski definition) is 0. The molecule has 0 radical (unpaired) electrons. The van der Waals surface area contributed by atoms with E-state index in [-0.39, 0.29) is 0 Å². The van der Waals surface area contributed by atoms with E-state index in [1.54, 1.807) is 11.8 Å². The molecule has 3 nitrogen and oxygen atoms in total. The minimum atomic E-state index is 0.307. The standard InChI is InChI=1S/C16H13NO2S/c17-8-13-3-1-2-4-14(13)10-20-9-12-5-6-15-16(7-12)19-11-18-15/h1-7H,9-11H2. The monoisotopic (exact) mass is 283 g/mol. The second-order valence-corrected chi connectivity index (χ2v) is 5.43. The predicted molar refractivity (Wildman–Crippen MR) is 78.7 cm³/mol. The van der Waals surface area contributed by atoms with Crippen molar-refractivity contribution in [3.8, 4) is 17.6 Å². The van der Waals surface area contributed by atoms with Crippen LogP contribution in [0.1, 0.15) is 16.7 Å². The molecule has 0 atom stereocenters. The lowest BCUT2D eigenvalue weighted by molar-refractivity contribution is 0.174. The average molecular weight is 283 g/mol. The zero-order valence-electron chi connectivity index (χ0n) is 10.8. The Hall–Kier alpha value is -2.12. The topological polar surface area (TPSA) is 42.2 Å². The molecule has 0 N–H and O–H groups in total. The van der Waals surface area contributed by atoms with Gasteiger partial charge in [0, 0.05) is 11.5 Å². The first-order chi connectivity index (χ1) is 9.86. The van der Waals surface area contributed by atoms with Crippen molar-refractivity contribution >= 4 is 11.8 Å². The number of fused-ring (bicyclic) bond motifs is 1. The fourth-order valence-electron chi connectivity index (χ4n) is 2.06. The van der Waals surface area contributed by atoms with Crippen LogP contribution in [0.3, 0.4) is 0 Å². The molecule has 2 aromatic rings. The van der Waals surface area contributed by atoms with E-state index in [2.05, 4.69) is 12.1 Å². The van der Waals surface area contributed by atoms with Crippen LogP contribution < -0.4 is 9.47 Å². The molecule has 0 spiro atoms. The van der Waals surface area contributed by atoms with Crippen LogP contribution in [0.4, 0.5) is 0 Å². The summed E-state index contributed by atoms with van der Waals surface area (Å²) in [4.78, 5) is 0. The van der Waals surface area contributed by atoms with Crippen molar-refractivity contribution in [3.63, 3.8) is 0 Å². The van der Waals surface area contributed by atoms with Crippen molar-refractivity contribution in [3.05, 3.63) is 59.2 Å². The first kappa shape index (κ1) is 12.9. The van der Waals surface area contributed by atoms with Gasteiger partial charge in [0.2, 0.25) is 6.79 Å². The molecule has 0 unspecified atom stereocenters. The summed E-state index contributed by atoms with van der Waals surface area (Å²) in [6, 6.07) is 16.0. The molecule has 4 heteroatoms. The Kier molecular flexibility index (Phi) is 3.80. The molecule has 0 amide bonds. The van der Waals surface area contributed by atoms with Crippen molar-refractivity contribution in [1.82, 2.24) is 0 Å². The molecular weight excluding hydrogens is 270 g/mol. The number of thioether (sulfide) groups is 1. The van der Waals surface area contributed by atoms with Crippen LogP contribution in [0.2, 0.25) is 0 Å². The first-order valence-corrected chi connectivity index (χ1v) is 7.46. The van der Waals surface area contributed by atoms with E-state index < -0.39 is 0 Å². The fraction of sp³-hybridized carbons (Fsp3) is 0.188. The number of benzene rings is 2. The van der Waals surface area contributed by atoms with E-state index in [1.807, 2.05) is 36.4 Å². The summed E-state index contributed by atoms with van der Waals surface area (Å²) in [5.41, 5.74) is 3.04. The lowest BCUT2D eigenvalue weighted by atomic mass is 10.1. The molecule has 2 aromatic carbocycles. The smallest absolute Gasteiger partial charge is 0.231 e. The maximum atomic E-state index is 9.05. The summed E-state index contributed by atoms with van der Waals surface area (Å²) < 4.78 is 10.7. The van der Waals surface area contributed by atoms with Crippen LogP contribution in [-0.2, 0) is 11.5 Å². The van der Waals surface area contributed by atoms with Gasteiger partial charge in [-0.3, -0.25) is 0 Å². The van der Waals surface area contributed by atoms with E-state index >= 15 is 0 Å². The Morgan fingerprint density at radius 2 is 1.90 bits per heavy atom. The van der Waals surface area contributed by atoms with E-state index in [0.29, 0.717) is 6.79 Å². The molecule has 0 bridgehead atoms. The van der Waals surface area contributed by atoms with Crippen LogP contribution >= 0.6 is 11.8 Å². The van der Waals surface area contributed by atoms with Crippen LogP contribution in [0, 0.1) is 11.3 Å². The summed E-state index contributed by atoms with van der Waals surface area (Å²) in [5.74, 6) is 3.35. The average Bonchev–Trinajstić information content (AvgIpc) is 2.95. The van der Waals surface area contributed by atoms with Crippen LogP contribution in [0.5, 0.6) is 11.5 Å². The Bertz CT molecular complexity index is 664. The van der Waals surface area contributed by atoms with Gasteiger partial charge in [0.25, 0.3) is 0 Å². The molecule has 20 heavy (non-hydrogen) atoms. The summed E-state index contributed by atoms with van der Waals surface area (Å²) in [7, 11) is 0. The summed E-state index contributed by atoms with van der Waals surface area (Å²) >= 11 is 1.79. The quantitative estimate of drug-likeness (QED) is 0.857. The Morgan fingerprint density at radius 3 is 2.80 bits per heavy atom. The first-order valence-electron chi connectivity index (χ1n) is 6.31. The fourth-order valence-corrected chi connectivity index (χ4v) is 3.05. The molecular formula is C16H13NO2S. The molecule has 0 aromatic heterocycles. The summed E-state index contributed by atoms with van der Waals surface area (Å²) in [6.45, 7) is 0.307. The molecule has 0 fully saturated rings. The van der Waals surface area contributed by atoms with Gasteiger partial charge in [-0.05, 0) is 29.3 Å². The maximum Gasteiger partial charge on any atom is 0.231 e. The molecule has 3 rings (SSSR count). The Morgan fingerprint density at radius 1 is 1.05 bits per heavy atom. The molecule has 0 saturated carbocycles. The van der Waals surface area contributed by atoms with Crippen molar-refractivity contribution in [2.45, 2.75) is 11.5 Å². The van der Waals surface area contributed by atoms with Gasteiger partial charge in [-0.15, -0.1) is 0 Å². The van der Waals surface area contributed by atoms with Gasteiger partial charge in [0.05, 0.1) is 11.6 Å². The number of hydrogen-bond acceptors (Lipinski definition) is 4. The van der Waals surface area contributed by atoms with E-state index in [9.17, 15) is 0 Å². The number of nitrogens with zero attached hydrogens (tertiary/aromatic N) is 1. The third kappa shape index (κ3) is 2.73. The summed E-state index contributed by atoms with van der Waals surface area (Å²) in [5, 5.41) is 9.05. The van der Waals surface area contributed by atoms with Gasteiger partial charge in [-0.2, -0.15) is 17.0 Å². The second kappa shape index (κ2) is 5.89. The highest BCUT2D eigenvalue weighted by Gasteiger charge is 2.13. The third-order valence-corrected chi connectivity index (χ3v) is 4.15. The number of ether oxygens (including phenoxy) is 2. The predicted octanol–water partition coefficient (Wildman–Crippen LogP) is 3.72. The van der Waals surface area contributed by atoms with Gasteiger partial charge in [-0.25, -0.2) is 0 Å². The molecule has 100 valence electrons. The Balaban J connectivity index is 1.62. The molecule has 0 aliphatic carbocycles. The molecule has 1 aliphatic heterocycles. The van der Waals surface area contributed by atoms with Crippen LogP contribution in [0.15, 0.2) is 42.5 Å². The minimum absolute atomic E-state index is 0.307. The van der Waals surface area contributed by atoms with E-state index in [4.69, 9.17) is 14.7 Å². The van der Waals surface area contributed by atoms with Crippen LogP contribution in [0.25, 0.3) is 0 Å². The number of rotatable bonds is 4. The zero-order valence-corrected chi connectivity index (χ0v) is 11.7. The van der Waals surface area contributed by atoms with Crippen molar-refractivity contribution in [1.29, 1.82) is 5.26 Å². The van der Waals surface area contributed by atoms with Gasteiger partial charge >= 0.3 is 0 Å². The van der Waals surface area contributed by atoms with Crippen molar-refractivity contribution < 1.29 is 9.47 Å². The Labute approximate surface area is 122 Å². The van der Waals surface area contributed by atoms with Crippen LogP contribution in [-0.4, -0.2) is 6.79 Å². The largest absolute Gasteiger partial charge is 0.454 e. The van der Waals surface area contributed by atoms with Gasteiger partial charge in [-0.1, -0.05) is 24.3 Å². The normalized spacial score (nSPS) is 12.2. The summed E-state index contributed by atoms with van der Waals surface area (Å²) in [6.07, 6.45) is 0. The maximum absolute atomic E-state index is 9.05. The molecule has 1 aliphatic rings. The van der Waals surface area contributed by atoms with Crippen molar-refractivity contribution in [2.75, 3.05) is 6.79 Å². The van der Waals surface area contributed by atoms with E-state index in [1.165, 1.54) is 5.56 Å². The van der Waals surface area contributed by atoms with Gasteiger partial charge in [0.15, 0.2) is 11.5 Å². The highest BCUT2D eigenvalue weighted by atomic mass is 32.2. The highest BCUT2D eigenvalue weighted by molar-refractivity contribution is 7.97. The second-order valence-electron chi connectivity index (χ2n) is 4.45.